The summed E-state index contributed by atoms with van der Waals surface area (Å²) in [5.41, 5.74) is 0. The van der Waals surface area contributed by atoms with Crippen LogP contribution in [0.15, 0.2) is 36.6 Å². The molecular formula is C19H31NO2. The molecule has 1 rings (SSSR count). The van der Waals surface area contributed by atoms with Gasteiger partial charge in [0.2, 0.25) is 5.91 Å². The van der Waals surface area contributed by atoms with Crippen LogP contribution in [0.1, 0.15) is 40.0 Å². The van der Waals surface area contributed by atoms with Gasteiger partial charge in [-0.2, -0.15) is 0 Å². The summed E-state index contributed by atoms with van der Waals surface area (Å²) in [6.45, 7) is 10.9. The monoisotopic (exact) mass is 305 g/mol. The van der Waals surface area contributed by atoms with E-state index in [1.54, 1.807) is 19.3 Å². The predicted molar refractivity (Wildman–Crippen MR) is 92.3 cm³/mol. The summed E-state index contributed by atoms with van der Waals surface area (Å²) >= 11 is 0. The summed E-state index contributed by atoms with van der Waals surface area (Å²) in [5, 5.41) is 3.05. The first kappa shape index (κ1) is 18.5. The Morgan fingerprint density at radius 3 is 2.73 bits per heavy atom. The number of allylic oxidation sites excluding steroid dienone is 3. The van der Waals surface area contributed by atoms with E-state index in [4.69, 9.17) is 4.74 Å². The van der Waals surface area contributed by atoms with E-state index >= 15 is 0 Å². The molecule has 3 heteroatoms. The van der Waals surface area contributed by atoms with Crippen LogP contribution in [-0.2, 0) is 9.53 Å². The summed E-state index contributed by atoms with van der Waals surface area (Å²) in [6.07, 6.45) is 10.7. The van der Waals surface area contributed by atoms with E-state index in [2.05, 4.69) is 32.7 Å². The van der Waals surface area contributed by atoms with E-state index < -0.39 is 0 Å². The van der Waals surface area contributed by atoms with E-state index in [0.717, 1.165) is 12.2 Å². The summed E-state index contributed by atoms with van der Waals surface area (Å²) < 4.78 is 5.17. The first-order chi connectivity index (χ1) is 10.5. The van der Waals surface area contributed by atoms with E-state index in [9.17, 15) is 4.79 Å². The van der Waals surface area contributed by atoms with Crippen LogP contribution in [0.3, 0.4) is 0 Å². The Bertz CT molecular complexity index is 423. The highest BCUT2D eigenvalue weighted by atomic mass is 16.5. The molecule has 0 aliphatic heterocycles. The molecule has 3 nitrogen and oxygen atoms in total. The molecule has 0 aromatic heterocycles. The van der Waals surface area contributed by atoms with Crippen molar-refractivity contribution in [2.24, 2.45) is 23.7 Å². The summed E-state index contributed by atoms with van der Waals surface area (Å²) in [4.78, 5) is 12.5. The first-order valence-electron chi connectivity index (χ1n) is 8.30. The topological polar surface area (TPSA) is 38.3 Å². The lowest BCUT2D eigenvalue weighted by Crippen LogP contribution is -2.40. The number of methoxy groups -OCH3 is 1. The standard InChI is InChI=1S/C19H31NO2/c1-6-8-16(22-5)9-7-12-20-19(21)18-13-15(4)10-11-17(18)14(2)3/h6-9,14-15,17-18H,1,10-13H2,2-5H3,(H,20,21)/b9-7-,16-8+/t15?,17-,18-/m1/s1. The third kappa shape index (κ3) is 5.70. The molecule has 1 fully saturated rings. The van der Waals surface area contributed by atoms with Gasteiger partial charge in [0.05, 0.1) is 7.11 Å². The number of carbonyl (C=O) groups is 1. The number of amides is 1. The second-order valence-electron chi connectivity index (χ2n) is 6.59. The number of hydrogen-bond donors (Lipinski definition) is 1. The molecule has 22 heavy (non-hydrogen) atoms. The second-order valence-corrected chi connectivity index (χ2v) is 6.59. The van der Waals surface area contributed by atoms with Gasteiger partial charge in [0.25, 0.3) is 0 Å². The van der Waals surface area contributed by atoms with Crippen LogP contribution in [0.4, 0.5) is 0 Å². The largest absolute Gasteiger partial charge is 0.497 e. The van der Waals surface area contributed by atoms with Crippen molar-refractivity contribution in [2.75, 3.05) is 13.7 Å². The molecular weight excluding hydrogens is 274 g/mol. The van der Waals surface area contributed by atoms with Gasteiger partial charge in [0.1, 0.15) is 5.76 Å². The molecule has 124 valence electrons. The van der Waals surface area contributed by atoms with Gasteiger partial charge in [0.15, 0.2) is 0 Å². The Morgan fingerprint density at radius 2 is 2.14 bits per heavy atom. The lowest BCUT2D eigenvalue weighted by Gasteiger charge is -2.36. The smallest absolute Gasteiger partial charge is 0.223 e. The van der Waals surface area contributed by atoms with Gasteiger partial charge in [-0.15, -0.1) is 0 Å². The molecule has 3 atom stereocenters. The Morgan fingerprint density at radius 1 is 1.41 bits per heavy atom. The van der Waals surface area contributed by atoms with Gasteiger partial charge < -0.3 is 10.1 Å². The molecule has 1 saturated carbocycles. The van der Waals surface area contributed by atoms with Crippen LogP contribution < -0.4 is 5.32 Å². The van der Waals surface area contributed by atoms with Crippen molar-refractivity contribution >= 4 is 5.91 Å². The predicted octanol–water partition coefficient (Wildman–Crippen LogP) is 4.08. The van der Waals surface area contributed by atoms with Gasteiger partial charge in [-0.1, -0.05) is 45.9 Å². The van der Waals surface area contributed by atoms with Crippen molar-refractivity contribution in [3.8, 4) is 0 Å². The maximum atomic E-state index is 12.5. The maximum Gasteiger partial charge on any atom is 0.223 e. The van der Waals surface area contributed by atoms with E-state index in [1.807, 2.05) is 12.2 Å². The Balaban J connectivity index is 2.54. The highest BCUT2D eigenvalue weighted by Gasteiger charge is 2.34. The van der Waals surface area contributed by atoms with Gasteiger partial charge in [-0.05, 0) is 42.7 Å². The first-order valence-corrected chi connectivity index (χ1v) is 8.30. The molecule has 0 saturated heterocycles. The fraction of sp³-hybridized carbons (Fsp3) is 0.632. The molecule has 1 unspecified atom stereocenters. The number of ether oxygens (including phenoxy) is 1. The van der Waals surface area contributed by atoms with Crippen LogP contribution in [-0.4, -0.2) is 19.6 Å². The van der Waals surface area contributed by atoms with Crippen molar-refractivity contribution in [2.45, 2.75) is 40.0 Å². The minimum Gasteiger partial charge on any atom is -0.497 e. The van der Waals surface area contributed by atoms with E-state index in [0.29, 0.717) is 24.3 Å². The molecule has 0 bridgehead atoms. The third-order valence-corrected chi connectivity index (χ3v) is 4.55. The summed E-state index contributed by atoms with van der Waals surface area (Å²) in [7, 11) is 1.62. The normalized spacial score (nSPS) is 26.2. The average molecular weight is 305 g/mol. The summed E-state index contributed by atoms with van der Waals surface area (Å²) in [6, 6.07) is 0. The molecule has 1 amide bonds. The van der Waals surface area contributed by atoms with Crippen molar-refractivity contribution in [1.29, 1.82) is 0 Å². The fourth-order valence-electron chi connectivity index (χ4n) is 3.28. The quantitative estimate of drug-likeness (QED) is 0.568. The van der Waals surface area contributed by atoms with Crippen molar-refractivity contribution in [3.05, 3.63) is 36.6 Å². The molecule has 0 aromatic carbocycles. The zero-order valence-corrected chi connectivity index (χ0v) is 14.5. The fourth-order valence-corrected chi connectivity index (χ4v) is 3.28. The summed E-state index contributed by atoms with van der Waals surface area (Å²) in [5.74, 6) is 2.81. The number of hydrogen-bond acceptors (Lipinski definition) is 2. The van der Waals surface area contributed by atoms with Crippen molar-refractivity contribution in [3.63, 3.8) is 0 Å². The van der Waals surface area contributed by atoms with Crippen molar-refractivity contribution < 1.29 is 9.53 Å². The van der Waals surface area contributed by atoms with Crippen molar-refractivity contribution in [1.82, 2.24) is 5.32 Å². The molecule has 1 N–H and O–H groups in total. The van der Waals surface area contributed by atoms with Gasteiger partial charge in [-0.25, -0.2) is 0 Å². The van der Waals surface area contributed by atoms with Crippen LogP contribution in [0.25, 0.3) is 0 Å². The second kappa shape index (κ2) is 9.50. The zero-order valence-electron chi connectivity index (χ0n) is 14.5. The molecule has 0 aromatic rings. The zero-order chi connectivity index (χ0) is 16.5. The highest BCUT2D eigenvalue weighted by molar-refractivity contribution is 5.79. The molecule has 0 spiro atoms. The lowest BCUT2D eigenvalue weighted by molar-refractivity contribution is -0.129. The van der Waals surface area contributed by atoms with Gasteiger partial charge in [0, 0.05) is 12.5 Å². The SMILES string of the molecule is C=C/C=C(\C=C/CNC(=O)[C@@H]1CC(C)CC[C@@H]1C(C)C)OC. The van der Waals surface area contributed by atoms with Crippen LogP contribution >= 0.6 is 0 Å². The molecule has 0 heterocycles. The van der Waals surface area contributed by atoms with Crippen LogP contribution in [0.5, 0.6) is 0 Å². The van der Waals surface area contributed by atoms with Gasteiger partial charge in [-0.3, -0.25) is 4.79 Å². The maximum absolute atomic E-state index is 12.5. The Kier molecular flexibility index (Phi) is 8.00. The Labute approximate surface area is 135 Å². The Hall–Kier alpha value is -1.51. The molecule has 1 aliphatic carbocycles. The number of rotatable bonds is 7. The van der Waals surface area contributed by atoms with E-state index in [-0.39, 0.29) is 11.8 Å². The lowest BCUT2D eigenvalue weighted by atomic mass is 9.70. The minimum absolute atomic E-state index is 0.155. The van der Waals surface area contributed by atoms with Crippen LogP contribution in [0, 0.1) is 23.7 Å². The average Bonchev–Trinajstić information content (AvgIpc) is 2.49. The van der Waals surface area contributed by atoms with E-state index in [1.165, 1.54) is 12.8 Å². The minimum atomic E-state index is 0.155. The molecule has 1 aliphatic rings. The number of nitrogens with one attached hydrogen (secondary N) is 1. The number of carbonyl (C=O) groups excluding carboxylic acids is 1. The van der Waals surface area contributed by atoms with Crippen LogP contribution in [0.2, 0.25) is 0 Å². The molecule has 0 radical (unpaired) electrons. The third-order valence-electron chi connectivity index (χ3n) is 4.55. The van der Waals surface area contributed by atoms with Gasteiger partial charge >= 0.3 is 0 Å². The highest BCUT2D eigenvalue weighted by Crippen LogP contribution is 2.37.